The second-order valence-electron chi connectivity index (χ2n) is 4.85. The Kier molecular flexibility index (Phi) is 4.01. The van der Waals surface area contributed by atoms with Gasteiger partial charge in [0.2, 0.25) is 5.95 Å². The van der Waals surface area contributed by atoms with Gasteiger partial charge in [0.05, 0.1) is 37.7 Å². The van der Waals surface area contributed by atoms with E-state index in [0.29, 0.717) is 31.4 Å². The molecule has 0 aliphatic carbocycles. The third kappa shape index (κ3) is 2.90. The van der Waals surface area contributed by atoms with Crippen molar-refractivity contribution in [1.82, 2.24) is 9.97 Å². The summed E-state index contributed by atoms with van der Waals surface area (Å²) in [5.41, 5.74) is -0.556. The third-order valence-electron chi connectivity index (χ3n) is 3.29. The van der Waals surface area contributed by atoms with E-state index in [1.807, 2.05) is 11.8 Å². The molecule has 0 unspecified atom stereocenters. The molecular formula is C13H21N3O2. The topological polar surface area (TPSA) is 58.5 Å². The summed E-state index contributed by atoms with van der Waals surface area (Å²) < 4.78 is 5.50. The summed E-state index contributed by atoms with van der Waals surface area (Å²) in [6, 6.07) is 0. The first kappa shape index (κ1) is 13.1. The lowest BCUT2D eigenvalue weighted by molar-refractivity contribution is 0.00755. The number of hydrogen-bond donors (Lipinski definition) is 1. The van der Waals surface area contributed by atoms with Gasteiger partial charge in [0.1, 0.15) is 0 Å². The van der Waals surface area contributed by atoms with E-state index in [1.165, 1.54) is 0 Å². The molecule has 0 aromatic carbocycles. The standard InChI is InChI=1S/C13H21N3O2/c1-3-5-6-18-11-7-14-12(15-8-11)16-9-13(17,4-2)10-16/h7-8,17H,3-6,9-10H2,1-2H3. The monoisotopic (exact) mass is 251 g/mol. The van der Waals surface area contributed by atoms with Gasteiger partial charge in [-0.3, -0.25) is 0 Å². The number of ether oxygens (including phenoxy) is 1. The van der Waals surface area contributed by atoms with E-state index >= 15 is 0 Å². The third-order valence-corrected chi connectivity index (χ3v) is 3.29. The Morgan fingerprint density at radius 3 is 2.56 bits per heavy atom. The van der Waals surface area contributed by atoms with Crippen LogP contribution in [-0.2, 0) is 0 Å². The van der Waals surface area contributed by atoms with E-state index in [9.17, 15) is 5.11 Å². The molecule has 2 rings (SSSR count). The van der Waals surface area contributed by atoms with E-state index in [1.54, 1.807) is 12.4 Å². The summed E-state index contributed by atoms with van der Waals surface area (Å²) in [5, 5.41) is 9.93. The summed E-state index contributed by atoms with van der Waals surface area (Å²) in [6.45, 7) is 6.04. The molecule has 1 fully saturated rings. The first-order valence-electron chi connectivity index (χ1n) is 6.59. The number of hydrogen-bond acceptors (Lipinski definition) is 5. The lowest BCUT2D eigenvalue weighted by atomic mass is 9.92. The zero-order valence-corrected chi connectivity index (χ0v) is 11.1. The van der Waals surface area contributed by atoms with E-state index in [2.05, 4.69) is 16.9 Å². The van der Waals surface area contributed by atoms with E-state index in [-0.39, 0.29) is 0 Å². The molecule has 0 atom stereocenters. The second-order valence-corrected chi connectivity index (χ2v) is 4.85. The largest absolute Gasteiger partial charge is 0.490 e. The van der Waals surface area contributed by atoms with Crippen molar-refractivity contribution in [3.8, 4) is 5.75 Å². The van der Waals surface area contributed by atoms with Crippen LogP contribution in [0.2, 0.25) is 0 Å². The molecule has 5 heteroatoms. The van der Waals surface area contributed by atoms with Crippen LogP contribution in [0.1, 0.15) is 33.1 Å². The van der Waals surface area contributed by atoms with Crippen molar-refractivity contribution in [2.24, 2.45) is 0 Å². The van der Waals surface area contributed by atoms with Crippen molar-refractivity contribution in [3.63, 3.8) is 0 Å². The molecule has 100 valence electrons. The molecule has 1 aromatic rings. The van der Waals surface area contributed by atoms with Crippen molar-refractivity contribution < 1.29 is 9.84 Å². The minimum atomic E-state index is -0.556. The van der Waals surface area contributed by atoms with Gasteiger partial charge in [-0.1, -0.05) is 20.3 Å². The number of aliphatic hydroxyl groups is 1. The molecule has 1 aliphatic heterocycles. The lowest BCUT2D eigenvalue weighted by Crippen LogP contribution is -2.62. The second kappa shape index (κ2) is 5.52. The van der Waals surface area contributed by atoms with Gasteiger partial charge in [0.15, 0.2) is 5.75 Å². The van der Waals surface area contributed by atoms with Crippen molar-refractivity contribution >= 4 is 5.95 Å². The average Bonchev–Trinajstić information content (AvgIpc) is 2.36. The molecule has 1 N–H and O–H groups in total. The molecule has 1 saturated heterocycles. The van der Waals surface area contributed by atoms with Crippen LogP contribution in [0, 0.1) is 0 Å². The number of unbranched alkanes of at least 4 members (excludes halogenated alkanes) is 1. The van der Waals surface area contributed by atoms with Crippen molar-refractivity contribution in [1.29, 1.82) is 0 Å². The molecule has 1 aliphatic rings. The Bertz CT molecular complexity index is 374. The van der Waals surface area contributed by atoms with Gasteiger partial charge in [0, 0.05) is 0 Å². The van der Waals surface area contributed by atoms with E-state index in [0.717, 1.165) is 19.3 Å². The number of nitrogens with zero attached hydrogens (tertiary/aromatic N) is 3. The fourth-order valence-corrected chi connectivity index (χ4v) is 1.91. The molecule has 0 saturated carbocycles. The van der Waals surface area contributed by atoms with Gasteiger partial charge in [-0.15, -0.1) is 0 Å². The van der Waals surface area contributed by atoms with Gasteiger partial charge < -0.3 is 14.7 Å². The number of rotatable bonds is 6. The summed E-state index contributed by atoms with van der Waals surface area (Å²) in [4.78, 5) is 10.5. The lowest BCUT2D eigenvalue weighted by Gasteiger charge is -2.45. The highest BCUT2D eigenvalue weighted by atomic mass is 16.5. The highest BCUT2D eigenvalue weighted by Crippen LogP contribution is 2.27. The van der Waals surface area contributed by atoms with Crippen molar-refractivity contribution in [3.05, 3.63) is 12.4 Å². The molecule has 0 bridgehead atoms. The Labute approximate surface area is 108 Å². The van der Waals surface area contributed by atoms with Crippen LogP contribution >= 0.6 is 0 Å². The quantitative estimate of drug-likeness (QED) is 0.778. The van der Waals surface area contributed by atoms with E-state index < -0.39 is 5.60 Å². The molecule has 5 nitrogen and oxygen atoms in total. The van der Waals surface area contributed by atoms with Crippen molar-refractivity contribution in [2.75, 3.05) is 24.6 Å². The molecule has 0 spiro atoms. The van der Waals surface area contributed by atoms with Gasteiger partial charge >= 0.3 is 0 Å². The molecule has 0 radical (unpaired) electrons. The maximum absolute atomic E-state index is 9.93. The van der Waals surface area contributed by atoms with E-state index in [4.69, 9.17) is 4.74 Å². The van der Waals surface area contributed by atoms with Crippen molar-refractivity contribution in [2.45, 2.75) is 38.7 Å². The summed E-state index contributed by atoms with van der Waals surface area (Å²) in [6.07, 6.45) is 6.31. The molecule has 1 aromatic heterocycles. The van der Waals surface area contributed by atoms with Crippen LogP contribution in [0.25, 0.3) is 0 Å². The maximum atomic E-state index is 9.93. The highest BCUT2D eigenvalue weighted by Gasteiger charge is 2.40. The van der Waals surface area contributed by atoms with Gasteiger partial charge in [-0.05, 0) is 12.8 Å². The molecular weight excluding hydrogens is 230 g/mol. The predicted molar refractivity (Wildman–Crippen MR) is 69.9 cm³/mol. The number of anilines is 1. The Balaban J connectivity index is 1.85. The first-order chi connectivity index (χ1) is 8.67. The van der Waals surface area contributed by atoms with Crippen LogP contribution < -0.4 is 9.64 Å². The van der Waals surface area contributed by atoms with Crippen LogP contribution in [-0.4, -0.2) is 40.4 Å². The minimum absolute atomic E-state index is 0.556. The van der Waals surface area contributed by atoms with Gasteiger partial charge in [-0.25, -0.2) is 9.97 Å². The number of β-amino-alcohol motifs (C(OH)–C–C–N with tert-alkyl or cyclic N) is 1. The summed E-state index contributed by atoms with van der Waals surface area (Å²) in [7, 11) is 0. The smallest absolute Gasteiger partial charge is 0.225 e. The van der Waals surface area contributed by atoms with Gasteiger partial charge in [-0.2, -0.15) is 0 Å². The zero-order valence-electron chi connectivity index (χ0n) is 11.1. The summed E-state index contributed by atoms with van der Waals surface area (Å²) in [5.74, 6) is 1.37. The van der Waals surface area contributed by atoms with Gasteiger partial charge in [0.25, 0.3) is 0 Å². The predicted octanol–water partition coefficient (Wildman–Crippen LogP) is 1.62. The van der Waals surface area contributed by atoms with Crippen LogP contribution in [0.5, 0.6) is 5.75 Å². The maximum Gasteiger partial charge on any atom is 0.225 e. The Morgan fingerprint density at radius 2 is 2.00 bits per heavy atom. The van der Waals surface area contributed by atoms with Crippen LogP contribution in [0.4, 0.5) is 5.95 Å². The Hall–Kier alpha value is -1.36. The minimum Gasteiger partial charge on any atom is -0.490 e. The van der Waals surface area contributed by atoms with Crippen LogP contribution in [0.3, 0.4) is 0 Å². The highest BCUT2D eigenvalue weighted by molar-refractivity contribution is 5.37. The van der Waals surface area contributed by atoms with Crippen LogP contribution in [0.15, 0.2) is 12.4 Å². The zero-order chi connectivity index (χ0) is 13.0. The number of aromatic nitrogens is 2. The normalized spacial score (nSPS) is 17.4. The molecule has 2 heterocycles. The fraction of sp³-hybridized carbons (Fsp3) is 0.692. The average molecular weight is 251 g/mol. The fourth-order valence-electron chi connectivity index (χ4n) is 1.91. The molecule has 18 heavy (non-hydrogen) atoms. The first-order valence-corrected chi connectivity index (χ1v) is 6.59. The summed E-state index contributed by atoms with van der Waals surface area (Å²) >= 11 is 0. The molecule has 0 amide bonds. The Morgan fingerprint density at radius 1 is 1.33 bits per heavy atom. The SMILES string of the molecule is CCCCOc1cnc(N2CC(O)(CC)C2)nc1.